The molecule has 1 saturated heterocycles. The number of para-hydroxylation sites is 1. The second kappa shape index (κ2) is 12.1. The van der Waals surface area contributed by atoms with Crippen molar-refractivity contribution in [2.75, 3.05) is 46.3 Å². The predicted octanol–water partition coefficient (Wildman–Crippen LogP) is 4.67. The number of halogens is 4. The van der Waals surface area contributed by atoms with E-state index in [1.54, 1.807) is 14.0 Å². The molecule has 2 aromatic rings. The highest BCUT2D eigenvalue weighted by atomic mass is 127. The molecule has 1 aliphatic rings. The molecule has 0 amide bonds. The number of rotatable bonds is 8. The lowest BCUT2D eigenvalue weighted by molar-refractivity contribution is -0.146. The zero-order valence-corrected chi connectivity index (χ0v) is 21.5. The van der Waals surface area contributed by atoms with Gasteiger partial charge in [-0.2, -0.15) is 13.2 Å². The van der Waals surface area contributed by atoms with Crippen molar-refractivity contribution in [3.63, 3.8) is 0 Å². The fourth-order valence-electron chi connectivity index (χ4n) is 4.52. The summed E-state index contributed by atoms with van der Waals surface area (Å²) in [5.74, 6) is 1.05. The number of benzene rings is 1. The Hall–Kier alpha value is -1.49. The van der Waals surface area contributed by atoms with Crippen LogP contribution in [0.3, 0.4) is 0 Å². The van der Waals surface area contributed by atoms with Crippen molar-refractivity contribution in [3.8, 4) is 0 Å². The van der Waals surface area contributed by atoms with Crippen LogP contribution in [0.25, 0.3) is 10.9 Å². The quantitative estimate of drug-likeness (QED) is 0.278. The normalized spacial score (nSPS) is 17.3. The van der Waals surface area contributed by atoms with E-state index in [0.29, 0.717) is 13.1 Å². The van der Waals surface area contributed by atoms with Crippen LogP contribution in [0.5, 0.6) is 0 Å². The molecule has 0 radical (unpaired) electrons. The van der Waals surface area contributed by atoms with E-state index in [1.165, 1.54) is 26.9 Å². The van der Waals surface area contributed by atoms with Gasteiger partial charge in [0.1, 0.15) is 0 Å². The van der Waals surface area contributed by atoms with Crippen LogP contribution in [0.4, 0.5) is 13.2 Å². The lowest BCUT2D eigenvalue weighted by Crippen LogP contribution is -2.42. The van der Waals surface area contributed by atoms with Gasteiger partial charge in [-0.3, -0.25) is 9.89 Å². The van der Waals surface area contributed by atoms with Crippen molar-refractivity contribution in [2.24, 2.45) is 10.9 Å². The van der Waals surface area contributed by atoms with E-state index >= 15 is 0 Å². The number of aromatic amines is 1. The van der Waals surface area contributed by atoms with Crippen molar-refractivity contribution in [1.29, 1.82) is 0 Å². The molecule has 1 aliphatic heterocycles. The summed E-state index contributed by atoms with van der Waals surface area (Å²) in [5, 5.41) is 4.70. The molecule has 9 heteroatoms. The Balaban J connectivity index is 0.00000363. The van der Waals surface area contributed by atoms with Crippen molar-refractivity contribution in [1.82, 2.24) is 20.1 Å². The van der Waals surface area contributed by atoms with Gasteiger partial charge >= 0.3 is 6.18 Å². The summed E-state index contributed by atoms with van der Waals surface area (Å²) in [6.07, 6.45) is 0.693. The SMILES string of the molecule is CCc1cccc2c(CCNC(=NC)N3CCC(CN(CC)CC(F)(F)F)C3)c[nH]c12.I. The first-order valence-corrected chi connectivity index (χ1v) is 11.2. The van der Waals surface area contributed by atoms with Gasteiger partial charge in [-0.05, 0) is 42.9 Å². The molecular weight excluding hydrogens is 530 g/mol. The maximum absolute atomic E-state index is 12.7. The number of aliphatic imine (C=N–C) groups is 1. The number of hydrogen-bond donors (Lipinski definition) is 2. The number of alkyl halides is 3. The summed E-state index contributed by atoms with van der Waals surface area (Å²) in [4.78, 5) is 11.5. The highest BCUT2D eigenvalue weighted by Gasteiger charge is 2.33. The van der Waals surface area contributed by atoms with E-state index in [4.69, 9.17) is 0 Å². The number of aromatic nitrogens is 1. The lowest BCUT2D eigenvalue weighted by Gasteiger charge is -2.26. The number of fused-ring (bicyclic) bond motifs is 1. The van der Waals surface area contributed by atoms with E-state index in [0.717, 1.165) is 44.9 Å². The zero-order chi connectivity index (χ0) is 22.4. The second-order valence-corrected chi connectivity index (χ2v) is 8.27. The third-order valence-electron chi connectivity index (χ3n) is 6.11. The molecule has 1 aromatic heterocycles. The van der Waals surface area contributed by atoms with Gasteiger partial charge in [0.05, 0.1) is 6.54 Å². The Kier molecular flexibility index (Phi) is 10.1. The minimum Gasteiger partial charge on any atom is -0.361 e. The Morgan fingerprint density at radius 1 is 1.28 bits per heavy atom. The Morgan fingerprint density at radius 2 is 2.06 bits per heavy atom. The number of nitrogens with one attached hydrogen (secondary N) is 2. The molecule has 0 bridgehead atoms. The number of guanidine groups is 1. The largest absolute Gasteiger partial charge is 0.401 e. The van der Waals surface area contributed by atoms with Crippen molar-refractivity contribution in [2.45, 2.75) is 39.3 Å². The Bertz CT molecular complexity index is 880. The molecule has 32 heavy (non-hydrogen) atoms. The second-order valence-electron chi connectivity index (χ2n) is 8.27. The van der Waals surface area contributed by atoms with Gasteiger partial charge < -0.3 is 15.2 Å². The molecular formula is C23H35F3IN5. The minimum atomic E-state index is -4.15. The third-order valence-corrected chi connectivity index (χ3v) is 6.11. The first-order valence-electron chi connectivity index (χ1n) is 11.2. The van der Waals surface area contributed by atoms with Crippen LogP contribution in [-0.2, 0) is 12.8 Å². The highest BCUT2D eigenvalue weighted by Crippen LogP contribution is 2.23. The Morgan fingerprint density at radius 3 is 2.72 bits per heavy atom. The summed E-state index contributed by atoms with van der Waals surface area (Å²) < 4.78 is 38.2. The molecule has 2 N–H and O–H groups in total. The molecule has 180 valence electrons. The Labute approximate surface area is 205 Å². The maximum atomic E-state index is 12.7. The van der Waals surface area contributed by atoms with Gasteiger partial charge in [-0.1, -0.05) is 32.0 Å². The summed E-state index contributed by atoms with van der Waals surface area (Å²) in [6, 6.07) is 6.41. The molecule has 1 unspecified atom stereocenters. The van der Waals surface area contributed by atoms with Crippen molar-refractivity contribution < 1.29 is 13.2 Å². The third kappa shape index (κ3) is 7.00. The molecule has 2 heterocycles. The van der Waals surface area contributed by atoms with E-state index in [2.05, 4.69) is 51.5 Å². The fourth-order valence-corrected chi connectivity index (χ4v) is 4.52. The van der Waals surface area contributed by atoms with Gasteiger partial charge in [-0.25, -0.2) is 0 Å². The maximum Gasteiger partial charge on any atom is 0.401 e. The zero-order valence-electron chi connectivity index (χ0n) is 19.1. The van der Waals surface area contributed by atoms with E-state index in [-0.39, 0.29) is 29.9 Å². The van der Waals surface area contributed by atoms with E-state index in [1.807, 2.05) is 0 Å². The van der Waals surface area contributed by atoms with Crippen LogP contribution in [0.1, 0.15) is 31.4 Å². The number of aryl methyl sites for hydroxylation is 1. The van der Waals surface area contributed by atoms with Crippen molar-refractivity contribution >= 4 is 40.8 Å². The molecule has 3 rings (SSSR count). The predicted molar refractivity (Wildman–Crippen MR) is 136 cm³/mol. The monoisotopic (exact) mass is 565 g/mol. The van der Waals surface area contributed by atoms with E-state index in [9.17, 15) is 13.2 Å². The molecule has 1 atom stereocenters. The lowest BCUT2D eigenvalue weighted by atomic mass is 10.1. The average Bonchev–Trinajstić information content (AvgIpc) is 3.36. The van der Waals surface area contributed by atoms with Gasteiger partial charge in [0.25, 0.3) is 0 Å². The summed E-state index contributed by atoms with van der Waals surface area (Å²) in [7, 11) is 1.76. The van der Waals surface area contributed by atoms with Crippen molar-refractivity contribution in [3.05, 3.63) is 35.5 Å². The summed E-state index contributed by atoms with van der Waals surface area (Å²) in [5.41, 5.74) is 3.81. The molecule has 5 nitrogen and oxygen atoms in total. The van der Waals surface area contributed by atoms with Crippen LogP contribution in [0.2, 0.25) is 0 Å². The summed E-state index contributed by atoms with van der Waals surface area (Å²) in [6.45, 7) is 6.30. The first kappa shape index (κ1) is 26.8. The molecule has 0 saturated carbocycles. The van der Waals surface area contributed by atoms with Crippen LogP contribution >= 0.6 is 24.0 Å². The molecule has 0 spiro atoms. The van der Waals surface area contributed by atoms with Gasteiger partial charge in [0.15, 0.2) is 5.96 Å². The van der Waals surface area contributed by atoms with Gasteiger partial charge in [-0.15, -0.1) is 24.0 Å². The van der Waals surface area contributed by atoms with E-state index < -0.39 is 12.7 Å². The summed E-state index contributed by atoms with van der Waals surface area (Å²) >= 11 is 0. The molecule has 1 aromatic carbocycles. The van der Waals surface area contributed by atoms with Crippen LogP contribution in [0, 0.1) is 5.92 Å². The van der Waals surface area contributed by atoms with Gasteiger partial charge in [0.2, 0.25) is 0 Å². The first-order chi connectivity index (χ1) is 14.8. The smallest absolute Gasteiger partial charge is 0.361 e. The number of likely N-dealkylation sites (tertiary alicyclic amines) is 1. The molecule has 1 fully saturated rings. The average molecular weight is 565 g/mol. The fraction of sp³-hybridized carbons (Fsp3) is 0.609. The van der Waals surface area contributed by atoms with Crippen LogP contribution < -0.4 is 5.32 Å². The van der Waals surface area contributed by atoms with Crippen LogP contribution in [0.15, 0.2) is 29.4 Å². The topological polar surface area (TPSA) is 46.7 Å². The number of H-pyrrole nitrogens is 1. The number of hydrogen-bond acceptors (Lipinski definition) is 2. The number of nitrogens with zero attached hydrogens (tertiary/aromatic N) is 3. The van der Waals surface area contributed by atoms with Crippen LogP contribution in [-0.4, -0.2) is 73.2 Å². The standard InChI is InChI=1S/C23H34F3N5.HI/c1-4-18-7-6-8-20-19(13-29-21(18)20)9-11-28-22(27-3)31-12-10-17(15-31)14-30(5-2)16-23(24,25)26;/h6-8,13,17,29H,4-5,9-12,14-16H2,1-3H3,(H,27,28);1H. The molecule has 0 aliphatic carbocycles. The van der Waals surface area contributed by atoms with Gasteiger partial charge in [0, 0.05) is 50.3 Å². The highest BCUT2D eigenvalue weighted by molar-refractivity contribution is 14.0. The minimum absolute atomic E-state index is 0.